The molecule has 0 unspecified atom stereocenters. The Bertz CT molecular complexity index is 337. The van der Waals surface area contributed by atoms with Crippen LogP contribution in [0.15, 0.2) is 4.42 Å². The maximum atomic E-state index is 5.68. The molecule has 3 heteroatoms. The fraction of sp³-hybridized carbons (Fsp3) is 0.727. The summed E-state index contributed by atoms with van der Waals surface area (Å²) in [6.07, 6.45) is 3.62. The summed E-state index contributed by atoms with van der Waals surface area (Å²) in [6, 6.07) is 0. The summed E-state index contributed by atoms with van der Waals surface area (Å²) in [5, 5.41) is 3.27. The van der Waals surface area contributed by atoms with E-state index in [2.05, 4.69) is 10.3 Å². The van der Waals surface area contributed by atoms with Crippen molar-refractivity contribution in [1.29, 1.82) is 0 Å². The van der Waals surface area contributed by atoms with E-state index in [1.165, 1.54) is 18.5 Å². The molecule has 0 aromatic carbocycles. The van der Waals surface area contributed by atoms with Crippen LogP contribution in [0.1, 0.15) is 36.1 Å². The zero-order chi connectivity index (χ0) is 9.54. The summed E-state index contributed by atoms with van der Waals surface area (Å²) in [4.78, 5) is 4.60. The molecule has 0 bridgehead atoms. The first-order chi connectivity index (χ1) is 6.83. The molecule has 1 saturated carbocycles. The van der Waals surface area contributed by atoms with Gasteiger partial charge in [-0.25, -0.2) is 4.98 Å². The van der Waals surface area contributed by atoms with E-state index in [9.17, 15) is 0 Å². The standard InChI is InChI=1S/C11H16N2O/c1-7-11(9-2-3-9)13-10(14-7)4-8-5-12-6-8/h8-9,12H,2-6H2,1H3. The molecule has 1 N–H and O–H groups in total. The molecule has 0 radical (unpaired) electrons. The Morgan fingerprint density at radius 2 is 2.21 bits per heavy atom. The first kappa shape index (κ1) is 8.48. The third kappa shape index (κ3) is 1.46. The topological polar surface area (TPSA) is 38.1 Å². The van der Waals surface area contributed by atoms with Crippen LogP contribution in [0.4, 0.5) is 0 Å². The maximum Gasteiger partial charge on any atom is 0.194 e. The normalized spacial score (nSPS) is 22.4. The number of nitrogens with one attached hydrogen (secondary N) is 1. The highest BCUT2D eigenvalue weighted by Crippen LogP contribution is 2.41. The molecule has 2 aliphatic rings. The Balaban J connectivity index is 1.74. The van der Waals surface area contributed by atoms with Gasteiger partial charge < -0.3 is 9.73 Å². The Morgan fingerprint density at radius 3 is 2.79 bits per heavy atom. The molecule has 2 heterocycles. The smallest absolute Gasteiger partial charge is 0.194 e. The minimum Gasteiger partial charge on any atom is -0.446 e. The van der Waals surface area contributed by atoms with Crippen molar-refractivity contribution in [3.05, 3.63) is 17.3 Å². The zero-order valence-electron chi connectivity index (χ0n) is 8.55. The van der Waals surface area contributed by atoms with Crippen LogP contribution in [0.5, 0.6) is 0 Å². The van der Waals surface area contributed by atoms with Gasteiger partial charge in [-0.2, -0.15) is 0 Å². The van der Waals surface area contributed by atoms with Crippen molar-refractivity contribution >= 4 is 0 Å². The highest BCUT2D eigenvalue weighted by atomic mass is 16.4. The average Bonchev–Trinajstić information content (AvgIpc) is 2.85. The van der Waals surface area contributed by atoms with E-state index in [0.717, 1.165) is 37.1 Å². The monoisotopic (exact) mass is 192 g/mol. The molecule has 1 aromatic heterocycles. The van der Waals surface area contributed by atoms with Crippen molar-refractivity contribution in [2.45, 2.75) is 32.1 Å². The molecule has 14 heavy (non-hydrogen) atoms. The van der Waals surface area contributed by atoms with Gasteiger partial charge in [-0.15, -0.1) is 0 Å². The molecule has 1 saturated heterocycles. The van der Waals surface area contributed by atoms with Gasteiger partial charge in [-0.05, 0) is 38.8 Å². The molecular formula is C11H16N2O. The minimum absolute atomic E-state index is 0.715. The van der Waals surface area contributed by atoms with E-state index in [4.69, 9.17) is 4.42 Å². The lowest BCUT2D eigenvalue weighted by atomic mass is 10.00. The molecule has 3 rings (SSSR count). The predicted molar refractivity (Wildman–Crippen MR) is 53.3 cm³/mol. The van der Waals surface area contributed by atoms with E-state index in [0.29, 0.717) is 5.92 Å². The number of hydrogen-bond donors (Lipinski definition) is 1. The van der Waals surface area contributed by atoms with Gasteiger partial charge in [-0.3, -0.25) is 0 Å². The quantitative estimate of drug-likeness (QED) is 0.791. The van der Waals surface area contributed by atoms with Crippen molar-refractivity contribution in [3.63, 3.8) is 0 Å². The first-order valence-electron chi connectivity index (χ1n) is 5.50. The number of aryl methyl sites for hydroxylation is 1. The fourth-order valence-corrected chi connectivity index (χ4v) is 2.03. The minimum atomic E-state index is 0.715. The number of nitrogens with zero attached hydrogens (tertiary/aromatic N) is 1. The molecule has 0 spiro atoms. The summed E-state index contributed by atoms with van der Waals surface area (Å²) < 4.78 is 5.68. The van der Waals surface area contributed by atoms with Gasteiger partial charge in [0.15, 0.2) is 5.89 Å². The number of hydrogen-bond acceptors (Lipinski definition) is 3. The molecule has 1 aliphatic carbocycles. The molecule has 76 valence electrons. The van der Waals surface area contributed by atoms with Crippen molar-refractivity contribution in [2.75, 3.05) is 13.1 Å². The summed E-state index contributed by atoms with van der Waals surface area (Å²) in [5.41, 5.74) is 1.23. The van der Waals surface area contributed by atoms with Gasteiger partial charge in [0, 0.05) is 12.3 Å². The van der Waals surface area contributed by atoms with Gasteiger partial charge in [0.05, 0.1) is 5.69 Å². The second-order valence-corrected chi connectivity index (χ2v) is 4.55. The lowest BCUT2D eigenvalue weighted by Gasteiger charge is -2.25. The summed E-state index contributed by atoms with van der Waals surface area (Å²) in [7, 11) is 0. The van der Waals surface area contributed by atoms with Crippen LogP contribution in [0.25, 0.3) is 0 Å². The Morgan fingerprint density at radius 1 is 1.43 bits per heavy atom. The van der Waals surface area contributed by atoms with E-state index in [1.807, 2.05) is 6.92 Å². The van der Waals surface area contributed by atoms with Crippen LogP contribution in [0.3, 0.4) is 0 Å². The zero-order valence-corrected chi connectivity index (χ0v) is 8.55. The third-order valence-corrected chi connectivity index (χ3v) is 3.17. The maximum absolute atomic E-state index is 5.68. The lowest BCUT2D eigenvalue weighted by Crippen LogP contribution is -2.43. The predicted octanol–water partition coefficient (Wildman–Crippen LogP) is 1.62. The van der Waals surface area contributed by atoms with Crippen molar-refractivity contribution < 1.29 is 4.42 Å². The van der Waals surface area contributed by atoms with Crippen LogP contribution in [-0.4, -0.2) is 18.1 Å². The van der Waals surface area contributed by atoms with Crippen LogP contribution < -0.4 is 5.32 Å². The van der Waals surface area contributed by atoms with Crippen molar-refractivity contribution in [3.8, 4) is 0 Å². The Hall–Kier alpha value is -0.830. The number of aromatic nitrogens is 1. The highest BCUT2D eigenvalue weighted by Gasteiger charge is 2.30. The summed E-state index contributed by atoms with van der Waals surface area (Å²) >= 11 is 0. The molecule has 1 aliphatic heterocycles. The highest BCUT2D eigenvalue weighted by molar-refractivity contribution is 5.19. The van der Waals surface area contributed by atoms with Crippen LogP contribution in [0, 0.1) is 12.8 Å². The van der Waals surface area contributed by atoms with Crippen molar-refractivity contribution in [2.24, 2.45) is 5.92 Å². The largest absolute Gasteiger partial charge is 0.446 e. The lowest BCUT2D eigenvalue weighted by molar-refractivity contribution is 0.315. The van der Waals surface area contributed by atoms with E-state index in [-0.39, 0.29) is 0 Å². The summed E-state index contributed by atoms with van der Waals surface area (Å²) in [5.74, 6) is 3.47. The van der Waals surface area contributed by atoms with Crippen LogP contribution >= 0.6 is 0 Å². The molecular weight excluding hydrogens is 176 g/mol. The number of rotatable bonds is 3. The Kier molecular flexibility index (Phi) is 1.87. The van der Waals surface area contributed by atoms with Crippen molar-refractivity contribution in [1.82, 2.24) is 10.3 Å². The van der Waals surface area contributed by atoms with Gasteiger partial charge in [-0.1, -0.05) is 0 Å². The molecule has 0 atom stereocenters. The molecule has 3 nitrogen and oxygen atoms in total. The van der Waals surface area contributed by atoms with E-state index in [1.54, 1.807) is 0 Å². The van der Waals surface area contributed by atoms with Gasteiger partial charge in [0.2, 0.25) is 0 Å². The molecule has 1 aromatic rings. The van der Waals surface area contributed by atoms with E-state index >= 15 is 0 Å². The average molecular weight is 192 g/mol. The summed E-state index contributed by atoms with van der Waals surface area (Å²) in [6.45, 7) is 4.30. The van der Waals surface area contributed by atoms with Crippen LogP contribution in [0.2, 0.25) is 0 Å². The van der Waals surface area contributed by atoms with Gasteiger partial charge in [0.1, 0.15) is 5.76 Å². The fourth-order valence-electron chi connectivity index (χ4n) is 2.03. The SMILES string of the molecule is Cc1oc(CC2CNC2)nc1C1CC1. The van der Waals surface area contributed by atoms with Crippen LogP contribution in [-0.2, 0) is 6.42 Å². The molecule has 0 amide bonds. The third-order valence-electron chi connectivity index (χ3n) is 3.17. The van der Waals surface area contributed by atoms with Gasteiger partial charge in [0.25, 0.3) is 0 Å². The Labute approximate surface area is 83.9 Å². The second-order valence-electron chi connectivity index (χ2n) is 4.55. The number of oxazole rings is 1. The van der Waals surface area contributed by atoms with Gasteiger partial charge >= 0.3 is 0 Å². The second kappa shape index (κ2) is 3.09. The molecule has 2 fully saturated rings. The first-order valence-corrected chi connectivity index (χ1v) is 5.50. The van der Waals surface area contributed by atoms with E-state index < -0.39 is 0 Å².